The molecule has 5 fully saturated rings. The summed E-state index contributed by atoms with van der Waals surface area (Å²) in [7, 11) is 0. The van der Waals surface area contributed by atoms with Gasteiger partial charge < -0.3 is 24.9 Å². The molecule has 0 saturated heterocycles. The number of amides is 1. The standard InChI is InChI=1S/C23H28N4O4/c28-20(26-19-14-6-13-7-15(19)10-23(29,8-13)9-14)18-11-24-22(25-16-4-5-30-12-16)27-21(18)31-17-2-1-3-17/h4-5,11-15,17,19,29H,1-3,6-10H2,(H,26,28)(H,24,25,27). The topological polar surface area (TPSA) is 110 Å². The summed E-state index contributed by atoms with van der Waals surface area (Å²) < 4.78 is 11.1. The SMILES string of the molecule is O=C(NC1C2CC3CC1CC(O)(C3)C2)c1cnc(Nc2ccoc2)nc1OC1CCC1. The maximum atomic E-state index is 13.3. The van der Waals surface area contributed by atoms with Gasteiger partial charge in [-0.25, -0.2) is 4.98 Å². The van der Waals surface area contributed by atoms with Gasteiger partial charge in [0.2, 0.25) is 11.8 Å². The van der Waals surface area contributed by atoms with E-state index < -0.39 is 5.60 Å². The zero-order valence-electron chi connectivity index (χ0n) is 17.4. The Morgan fingerprint density at radius 3 is 2.68 bits per heavy atom. The number of furan rings is 1. The molecule has 3 N–H and O–H groups in total. The Morgan fingerprint density at radius 1 is 1.23 bits per heavy atom. The molecule has 2 aromatic heterocycles. The first-order chi connectivity index (χ1) is 15.0. The Labute approximate surface area is 180 Å². The van der Waals surface area contributed by atoms with Crippen LogP contribution in [0, 0.1) is 17.8 Å². The van der Waals surface area contributed by atoms with Crippen molar-refractivity contribution in [3.8, 4) is 5.88 Å². The number of anilines is 2. The van der Waals surface area contributed by atoms with Crippen molar-refractivity contribution in [3.63, 3.8) is 0 Å². The van der Waals surface area contributed by atoms with Crippen molar-refractivity contribution in [2.75, 3.05) is 5.32 Å². The molecule has 5 aliphatic rings. The number of rotatable bonds is 6. The summed E-state index contributed by atoms with van der Waals surface area (Å²) in [5, 5.41) is 17.2. The van der Waals surface area contributed by atoms with Crippen molar-refractivity contribution in [2.24, 2.45) is 17.8 Å². The maximum absolute atomic E-state index is 13.3. The van der Waals surface area contributed by atoms with Crippen molar-refractivity contribution >= 4 is 17.5 Å². The van der Waals surface area contributed by atoms with E-state index >= 15 is 0 Å². The van der Waals surface area contributed by atoms with E-state index in [1.165, 1.54) is 0 Å². The van der Waals surface area contributed by atoms with Crippen molar-refractivity contribution in [1.29, 1.82) is 0 Å². The van der Waals surface area contributed by atoms with Crippen LogP contribution in [0.5, 0.6) is 5.88 Å². The monoisotopic (exact) mass is 424 g/mol. The largest absolute Gasteiger partial charge is 0.474 e. The number of ether oxygens (including phenoxy) is 1. The summed E-state index contributed by atoms with van der Waals surface area (Å²) in [6.45, 7) is 0. The Bertz CT molecular complexity index is 958. The van der Waals surface area contributed by atoms with E-state index in [4.69, 9.17) is 9.15 Å². The molecule has 1 amide bonds. The quantitative estimate of drug-likeness (QED) is 0.652. The fourth-order valence-corrected chi connectivity index (χ4v) is 6.23. The zero-order valence-corrected chi connectivity index (χ0v) is 17.4. The molecule has 0 aromatic carbocycles. The molecule has 2 heterocycles. The lowest BCUT2D eigenvalue weighted by Gasteiger charge is -2.58. The Morgan fingerprint density at radius 2 is 2.03 bits per heavy atom. The van der Waals surface area contributed by atoms with Gasteiger partial charge in [0.25, 0.3) is 5.91 Å². The van der Waals surface area contributed by atoms with Gasteiger partial charge in [0, 0.05) is 12.2 Å². The lowest BCUT2D eigenvalue weighted by Crippen LogP contribution is -2.61. The zero-order chi connectivity index (χ0) is 21.0. The molecule has 4 bridgehead atoms. The van der Waals surface area contributed by atoms with Crippen LogP contribution >= 0.6 is 0 Å². The first-order valence-electron chi connectivity index (χ1n) is 11.4. The van der Waals surface area contributed by atoms with Crippen molar-refractivity contribution in [2.45, 2.75) is 69.1 Å². The third-order valence-corrected chi connectivity index (χ3v) is 7.64. The molecule has 0 radical (unpaired) electrons. The number of aromatic nitrogens is 2. The molecule has 2 atom stereocenters. The molecule has 164 valence electrons. The number of hydrogen-bond donors (Lipinski definition) is 3. The van der Waals surface area contributed by atoms with Gasteiger partial charge in [0.1, 0.15) is 17.9 Å². The number of aliphatic hydroxyl groups is 1. The summed E-state index contributed by atoms with van der Waals surface area (Å²) in [5.41, 5.74) is 0.593. The van der Waals surface area contributed by atoms with Gasteiger partial charge in [-0.1, -0.05) is 0 Å². The lowest BCUT2D eigenvalue weighted by atomic mass is 9.52. The molecule has 31 heavy (non-hydrogen) atoms. The van der Waals surface area contributed by atoms with E-state index in [0.717, 1.165) is 57.1 Å². The van der Waals surface area contributed by atoms with Crippen molar-refractivity contribution < 1.29 is 19.1 Å². The molecule has 2 unspecified atom stereocenters. The minimum absolute atomic E-state index is 0.0960. The first-order valence-corrected chi connectivity index (χ1v) is 11.4. The van der Waals surface area contributed by atoms with Crippen LogP contribution in [-0.4, -0.2) is 38.7 Å². The third-order valence-electron chi connectivity index (χ3n) is 7.64. The van der Waals surface area contributed by atoms with Crippen LogP contribution in [0.4, 0.5) is 11.6 Å². The summed E-state index contributed by atoms with van der Waals surface area (Å²) in [6, 6.07) is 1.88. The van der Waals surface area contributed by atoms with Crippen LogP contribution in [0.2, 0.25) is 0 Å². The lowest BCUT2D eigenvalue weighted by molar-refractivity contribution is -0.136. The molecule has 5 saturated carbocycles. The van der Waals surface area contributed by atoms with Crippen LogP contribution in [-0.2, 0) is 0 Å². The minimum Gasteiger partial charge on any atom is -0.474 e. The highest BCUT2D eigenvalue weighted by Gasteiger charge is 2.55. The Balaban J connectivity index is 1.22. The molecule has 0 aliphatic heterocycles. The normalized spacial score (nSPS) is 33.7. The third kappa shape index (κ3) is 3.56. The second kappa shape index (κ2) is 7.22. The number of nitrogens with one attached hydrogen (secondary N) is 2. The summed E-state index contributed by atoms with van der Waals surface area (Å²) in [6.07, 6.45) is 12.6. The highest BCUT2D eigenvalue weighted by Crippen LogP contribution is 2.55. The molecule has 7 rings (SSSR count). The Hall–Kier alpha value is -2.61. The molecule has 2 aromatic rings. The van der Waals surface area contributed by atoms with E-state index in [1.54, 1.807) is 24.8 Å². The molecular formula is C23H28N4O4. The molecule has 8 heteroatoms. The van der Waals surface area contributed by atoms with E-state index in [0.29, 0.717) is 35.1 Å². The van der Waals surface area contributed by atoms with E-state index in [2.05, 4.69) is 20.6 Å². The fourth-order valence-electron chi connectivity index (χ4n) is 6.23. The van der Waals surface area contributed by atoms with Gasteiger partial charge in [-0.05, 0) is 75.2 Å². The predicted molar refractivity (Wildman–Crippen MR) is 112 cm³/mol. The smallest absolute Gasteiger partial charge is 0.258 e. The van der Waals surface area contributed by atoms with Crippen LogP contribution < -0.4 is 15.4 Å². The van der Waals surface area contributed by atoms with Crippen molar-refractivity contribution in [3.05, 3.63) is 30.4 Å². The summed E-state index contributed by atoms with van der Waals surface area (Å²) in [4.78, 5) is 22.1. The Kier molecular flexibility index (Phi) is 4.45. The van der Waals surface area contributed by atoms with Gasteiger partial charge in [-0.15, -0.1) is 0 Å². The van der Waals surface area contributed by atoms with Crippen LogP contribution in [0.1, 0.15) is 61.7 Å². The van der Waals surface area contributed by atoms with Gasteiger partial charge in [0.05, 0.1) is 17.6 Å². The number of hydrogen-bond acceptors (Lipinski definition) is 7. The second-order valence-corrected chi connectivity index (χ2v) is 9.91. The molecule has 8 nitrogen and oxygen atoms in total. The van der Waals surface area contributed by atoms with Gasteiger partial charge in [-0.2, -0.15) is 4.98 Å². The van der Waals surface area contributed by atoms with Crippen LogP contribution in [0.3, 0.4) is 0 Å². The average molecular weight is 425 g/mol. The molecular weight excluding hydrogens is 396 g/mol. The summed E-state index contributed by atoms with van der Waals surface area (Å²) in [5.74, 6) is 1.80. The fraction of sp³-hybridized carbons (Fsp3) is 0.609. The van der Waals surface area contributed by atoms with E-state index in [-0.39, 0.29) is 18.1 Å². The minimum atomic E-state index is -0.514. The highest BCUT2D eigenvalue weighted by molar-refractivity contribution is 5.96. The number of carbonyl (C=O) groups is 1. The number of nitrogens with zero attached hydrogens (tertiary/aromatic N) is 2. The van der Waals surface area contributed by atoms with Crippen molar-refractivity contribution in [1.82, 2.24) is 15.3 Å². The summed E-state index contributed by atoms with van der Waals surface area (Å²) >= 11 is 0. The number of carbonyl (C=O) groups excluding carboxylic acids is 1. The molecule has 5 aliphatic carbocycles. The van der Waals surface area contributed by atoms with E-state index in [1.807, 2.05) is 0 Å². The first kappa shape index (κ1) is 19.1. The maximum Gasteiger partial charge on any atom is 0.258 e. The van der Waals surface area contributed by atoms with Gasteiger partial charge in [-0.3, -0.25) is 4.79 Å². The highest BCUT2D eigenvalue weighted by atomic mass is 16.5. The van der Waals surface area contributed by atoms with Crippen LogP contribution in [0.25, 0.3) is 0 Å². The predicted octanol–water partition coefficient (Wildman–Crippen LogP) is 3.41. The second-order valence-electron chi connectivity index (χ2n) is 9.91. The van der Waals surface area contributed by atoms with Gasteiger partial charge in [0.15, 0.2) is 0 Å². The van der Waals surface area contributed by atoms with E-state index in [9.17, 15) is 9.90 Å². The van der Waals surface area contributed by atoms with Gasteiger partial charge >= 0.3 is 0 Å². The van der Waals surface area contributed by atoms with Crippen LogP contribution in [0.15, 0.2) is 29.2 Å². The molecule has 0 spiro atoms. The average Bonchev–Trinajstić information content (AvgIpc) is 3.19.